The van der Waals surface area contributed by atoms with Crippen molar-refractivity contribution in [3.05, 3.63) is 206 Å². The molecule has 0 aliphatic rings. The van der Waals surface area contributed by atoms with Gasteiger partial charge in [0.15, 0.2) is 11.2 Å². The van der Waals surface area contributed by atoms with Gasteiger partial charge in [-0.1, -0.05) is 133 Å². The first-order valence-electron chi connectivity index (χ1n) is 21.5. The number of fused-ring (bicyclic) bond motifs is 11. The van der Waals surface area contributed by atoms with Crippen molar-refractivity contribution in [2.24, 2.45) is 0 Å². The lowest BCUT2D eigenvalue weighted by molar-refractivity contribution is 0.620. The molecule has 298 valence electrons. The van der Waals surface area contributed by atoms with Gasteiger partial charge in [0.25, 0.3) is 0 Å². The molecule has 0 aliphatic carbocycles. The molecule has 64 heavy (non-hydrogen) atoms. The van der Waals surface area contributed by atoms with E-state index in [-0.39, 0.29) is 0 Å². The summed E-state index contributed by atoms with van der Waals surface area (Å²) in [7, 11) is 0. The molecule has 14 rings (SSSR count). The first-order chi connectivity index (χ1) is 31.8. The van der Waals surface area contributed by atoms with Crippen LogP contribution in [0.1, 0.15) is 0 Å². The molecule has 0 saturated carbocycles. The molecule has 0 unspecified atom stereocenters. The van der Waals surface area contributed by atoms with Crippen molar-refractivity contribution in [1.29, 1.82) is 0 Å². The van der Waals surface area contributed by atoms with E-state index in [1.807, 2.05) is 42.5 Å². The number of aromatic nitrogens is 6. The average molecular weight is 819 g/mol. The Balaban J connectivity index is 1.04. The predicted molar refractivity (Wildman–Crippen MR) is 261 cm³/mol. The molecule has 0 amide bonds. The highest BCUT2D eigenvalue weighted by Gasteiger charge is 2.24. The van der Waals surface area contributed by atoms with Crippen LogP contribution in [-0.4, -0.2) is 28.7 Å². The Morgan fingerprint density at radius 3 is 1.36 bits per heavy atom. The van der Waals surface area contributed by atoms with Crippen molar-refractivity contribution in [2.45, 2.75) is 0 Å². The Hall–Kier alpha value is -8.81. The fourth-order valence-corrected chi connectivity index (χ4v) is 10.1. The summed E-state index contributed by atoms with van der Waals surface area (Å²) < 4.78 is 13.2. The van der Waals surface area contributed by atoms with E-state index in [0.29, 0.717) is 5.89 Å². The highest BCUT2D eigenvalue weighted by atomic mass is 16.3. The number of rotatable bonds is 5. The van der Waals surface area contributed by atoms with Gasteiger partial charge in [-0.05, 0) is 78.4 Å². The smallest absolute Gasteiger partial charge is 0.227 e. The summed E-state index contributed by atoms with van der Waals surface area (Å²) in [4.78, 5) is 16.5. The van der Waals surface area contributed by atoms with Crippen molar-refractivity contribution in [2.75, 3.05) is 0 Å². The number of oxazole rings is 1. The Bertz CT molecular complexity index is 4080. The Morgan fingerprint density at radius 1 is 0.312 bits per heavy atom. The van der Waals surface area contributed by atoms with Crippen molar-refractivity contribution in [1.82, 2.24) is 28.7 Å². The van der Waals surface area contributed by atoms with Crippen LogP contribution in [0.5, 0.6) is 0 Å². The minimum absolute atomic E-state index is 0.609. The molecule has 14 aromatic rings. The molecule has 0 saturated heterocycles. The minimum atomic E-state index is 0.609. The van der Waals surface area contributed by atoms with Gasteiger partial charge in [0.2, 0.25) is 5.89 Å². The van der Waals surface area contributed by atoms with Crippen LogP contribution < -0.4 is 0 Å². The van der Waals surface area contributed by atoms with Gasteiger partial charge in [-0.3, -0.25) is 4.57 Å². The molecule has 7 nitrogen and oxygen atoms in total. The zero-order chi connectivity index (χ0) is 41.9. The van der Waals surface area contributed by atoms with Crippen molar-refractivity contribution >= 4 is 87.8 Å². The monoisotopic (exact) mass is 818 g/mol. The number of nitrogens with zero attached hydrogens (tertiary/aromatic N) is 6. The second-order valence-electron chi connectivity index (χ2n) is 16.4. The van der Waals surface area contributed by atoms with Crippen LogP contribution in [0.4, 0.5) is 0 Å². The molecule has 5 aromatic heterocycles. The van der Waals surface area contributed by atoms with Gasteiger partial charge in [0, 0.05) is 43.7 Å². The Morgan fingerprint density at radius 2 is 0.797 bits per heavy atom. The first kappa shape index (κ1) is 34.9. The normalized spacial score (nSPS) is 12.1. The number of para-hydroxylation sites is 6. The van der Waals surface area contributed by atoms with E-state index in [0.717, 1.165) is 100 Å². The number of benzene rings is 9. The van der Waals surface area contributed by atoms with E-state index in [9.17, 15) is 0 Å². The van der Waals surface area contributed by atoms with Gasteiger partial charge in [-0.2, -0.15) is 0 Å². The predicted octanol–water partition coefficient (Wildman–Crippen LogP) is 14.4. The fourth-order valence-electron chi connectivity index (χ4n) is 10.1. The van der Waals surface area contributed by atoms with Crippen molar-refractivity contribution in [3.63, 3.8) is 0 Å². The summed E-state index contributed by atoms with van der Waals surface area (Å²) in [5.74, 6) is 0.609. The molecule has 0 aliphatic heterocycles. The Kier molecular flexibility index (Phi) is 7.27. The topological polar surface area (TPSA) is 66.6 Å². The number of hydrogen-bond donors (Lipinski definition) is 0. The summed E-state index contributed by atoms with van der Waals surface area (Å²) in [5, 5.41) is 5.82. The maximum atomic E-state index is 6.25. The van der Waals surface area contributed by atoms with Gasteiger partial charge >= 0.3 is 0 Å². The van der Waals surface area contributed by atoms with E-state index in [4.69, 9.17) is 19.4 Å². The lowest BCUT2D eigenvalue weighted by atomic mass is 10.0. The molecule has 0 spiro atoms. The Labute approximate surface area is 365 Å². The zero-order valence-corrected chi connectivity index (χ0v) is 34.2. The summed E-state index contributed by atoms with van der Waals surface area (Å²) in [6.07, 6.45) is 0. The molecular weight excluding hydrogens is 785 g/mol. The highest BCUT2D eigenvalue weighted by molar-refractivity contribution is 6.14. The maximum Gasteiger partial charge on any atom is 0.227 e. The lowest BCUT2D eigenvalue weighted by Crippen LogP contribution is -2.04. The third-order valence-corrected chi connectivity index (χ3v) is 12.9. The van der Waals surface area contributed by atoms with Gasteiger partial charge < -0.3 is 13.6 Å². The van der Waals surface area contributed by atoms with Crippen LogP contribution >= 0.6 is 0 Å². The van der Waals surface area contributed by atoms with Crippen LogP contribution in [-0.2, 0) is 0 Å². The van der Waals surface area contributed by atoms with Crippen LogP contribution in [0.2, 0.25) is 0 Å². The van der Waals surface area contributed by atoms with Crippen molar-refractivity contribution < 1.29 is 4.42 Å². The van der Waals surface area contributed by atoms with Crippen LogP contribution in [0, 0.1) is 0 Å². The molecule has 5 heterocycles. The van der Waals surface area contributed by atoms with Crippen LogP contribution in [0.15, 0.2) is 211 Å². The zero-order valence-electron chi connectivity index (χ0n) is 34.2. The largest absolute Gasteiger partial charge is 0.436 e. The molecule has 0 radical (unpaired) electrons. The average Bonchev–Trinajstić information content (AvgIpc) is 4.12. The number of hydrogen-bond acceptors (Lipinski definition) is 4. The molecule has 0 bridgehead atoms. The van der Waals surface area contributed by atoms with Gasteiger partial charge in [-0.25, -0.2) is 15.0 Å². The standard InChI is InChI=1S/C57H34N6O/c1-2-15-36(16-3-1)57-60-52-38(22-14-28-51(52)64-57)35-29-31-37(32-30-35)61-48-27-13-8-21-43(48)53-56(61)59-55-50(63-46-25-11-6-19-41(46)42-20-7-12-26-47(42)63)34-33-49(54(55)58-53)62-44-23-9-4-17-39(44)40-18-5-10-24-45(40)62/h1-34H. The van der Waals surface area contributed by atoms with E-state index in [1.54, 1.807) is 0 Å². The first-order valence-corrected chi connectivity index (χ1v) is 21.5. The molecule has 0 N–H and O–H groups in total. The summed E-state index contributed by atoms with van der Waals surface area (Å²) in [5.41, 5.74) is 16.3. The second-order valence-corrected chi connectivity index (χ2v) is 16.4. The van der Waals surface area contributed by atoms with E-state index < -0.39 is 0 Å². The summed E-state index contributed by atoms with van der Waals surface area (Å²) in [6.45, 7) is 0. The fraction of sp³-hybridized carbons (Fsp3) is 0. The minimum Gasteiger partial charge on any atom is -0.436 e. The third-order valence-electron chi connectivity index (χ3n) is 12.9. The molecular formula is C57H34N6O. The summed E-state index contributed by atoms with van der Waals surface area (Å²) >= 11 is 0. The molecule has 7 heteroatoms. The van der Waals surface area contributed by atoms with Crippen molar-refractivity contribution in [3.8, 4) is 39.6 Å². The van der Waals surface area contributed by atoms with Crippen LogP contribution in [0.3, 0.4) is 0 Å². The van der Waals surface area contributed by atoms with E-state index in [2.05, 4.69) is 177 Å². The van der Waals surface area contributed by atoms with Gasteiger partial charge in [-0.15, -0.1) is 0 Å². The van der Waals surface area contributed by atoms with E-state index >= 15 is 0 Å². The van der Waals surface area contributed by atoms with Gasteiger partial charge in [0.05, 0.1) is 39.0 Å². The van der Waals surface area contributed by atoms with E-state index in [1.165, 1.54) is 21.5 Å². The highest BCUT2D eigenvalue weighted by Crippen LogP contribution is 2.41. The second kappa shape index (κ2) is 13.3. The summed E-state index contributed by atoms with van der Waals surface area (Å²) in [6, 6.07) is 72.4. The maximum absolute atomic E-state index is 6.25. The molecule has 0 atom stereocenters. The molecule has 9 aromatic carbocycles. The van der Waals surface area contributed by atoms with Crippen LogP contribution in [0.25, 0.3) is 127 Å². The lowest BCUT2D eigenvalue weighted by Gasteiger charge is -2.16. The molecule has 0 fully saturated rings. The SMILES string of the molecule is c1ccc(-c2nc3c(-c4ccc(-n5c6ccccc6c6nc7c(-n8c9ccccc9c9ccccc98)ccc(-n8c9ccccc9c9ccccc98)c7nc65)cc4)cccc3o2)cc1. The quantitative estimate of drug-likeness (QED) is 0.173. The van der Waals surface area contributed by atoms with Gasteiger partial charge in [0.1, 0.15) is 22.1 Å². The third kappa shape index (κ3) is 4.94.